The first-order chi connectivity index (χ1) is 9.82. The third-order valence-corrected chi connectivity index (χ3v) is 3.17. The first-order valence-corrected chi connectivity index (χ1v) is 5.90. The van der Waals surface area contributed by atoms with E-state index in [0.717, 1.165) is 11.0 Å². The SMILES string of the molecule is CN1C(=O)CC(Nc2c(C(=O)O)cccc2[N+](=O)[O-])C1=O. The van der Waals surface area contributed by atoms with Gasteiger partial charge in [0.05, 0.1) is 16.9 Å². The van der Waals surface area contributed by atoms with E-state index in [0.29, 0.717) is 0 Å². The second kappa shape index (κ2) is 5.19. The van der Waals surface area contributed by atoms with Crippen molar-refractivity contribution in [3.05, 3.63) is 33.9 Å². The molecule has 1 saturated heterocycles. The van der Waals surface area contributed by atoms with Crippen molar-refractivity contribution in [2.24, 2.45) is 0 Å². The fourth-order valence-corrected chi connectivity index (χ4v) is 2.06. The molecule has 0 spiro atoms. The Morgan fingerprint density at radius 1 is 1.48 bits per heavy atom. The van der Waals surface area contributed by atoms with Crippen molar-refractivity contribution in [3.63, 3.8) is 0 Å². The molecule has 0 saturated carbocycles. The Morgan fingerprint density at radius 3 is 2.62 bits per heavy atom. The summed E-state index contributed by atoms with van der Waals surface area (Å²) in [5, 5.41) is 22.6. The number of nitrogens with one attached hydrogen (secondary N) is 1. The van der Waals surface area contributed by atoms with Crippen LogP contribution in [0.25, 0.3) is 0 Å². The number of rotatable bonds is 4. The summed E-state index contributed by atoms with van der Waals surface area (Å²) in [5.41, 5.74) is -1.08. The van der Waals surface area contributed by atoms with Crippen LogP contribution in [0.4, 0.5) is 11.4 Å². The van der Waals surface area contributed by atoms with E-state index in [2.05, 4.69) is 5.32 Å². The summed E-state index contributed by atoms with van der Waals surface area (Å²) in [6, 6.07) is 2.53. The Morgan fingerprint density at radius 2 is 2.14 bits per heavy atom. The van der Waals surface area contributed by atoms with Gasteiger partial charge >= 0.3 is 5.97 Å². The Kier molecular flexibility index (Phi) is 3.57. The molecule has 2 amide bonds. The number of carboxylic acids is 1. The van der Waals surface area contributed by atoms with Crippen molar-refractivity contribution in [2.45, 2.75) is 12.5 Å². The number of imide groups is 1. The van der Waals surface area contributed by atoms with Crippen LogP contribution in [0.15, 0.2) is 18.2 Å². The van der Waals surface area contributed by atoms with Gasteiger partial charge in [0.25, 0.3) is 11.6 Å². The standard InChI is InChI=1S/C12H11N3O6/c1-14-9(16)5-7(11(14)17)13-10-6(12(18)19)3-2-4-8(10)15(20)21/h2-4,7,13H,5H2,1H3,(H,18,19). The number of anilines is 1. The summed E-state index contributed by atoms with van der Waals surface area (Å²) >= 11 is 0. The molecule has 9 heteroatoms. The maximum Gasteiger partial charge on any atom is 0.338 e. The minimum Gasteiger partial charge on any atom is -0.478 e. The fourth-order valence-electron chi connectivity index (χ4n) is 2.06. The van der Waals surface area contributed by atoms with Gasteiger partial charge < -0.3 is 10.4 Å². The number of carbonyl (C=O) groups excluding carboxylic acids is 2. The summed E-state index contributed by atoms with van der Waals surface area (Å²) in [4.78, 5) is 45.5. The molecule has 1 unspecified atom stereocenters. The predicted octanol–water partition coefficient (Wildman–Crippen LogP) is 0.462. The van der Waals surface area contributed by atoms with Crippen molar-refractivity contribution in [3.8, 4) is 0 Å². The van der Waals surface area contributed by atoms with Gasteiger partial charge in [-0.1, -0.05) is 6.07 Å². The monoisotopic (exact) mass is 293 g/mol. The van der Waals surface area contributed by atoms with Gasteiger partial charge in [0.2, 0.25) is 5.91 Å². The molecule has 1 aromatic carbocycles. The fraction of sp³-hybridized carbons (Fsp3) is 0.250. The number of hydrogen-bond donors (Lipinski definition) is 2. The summed E-state index contributed by atoms with van der Waals surface area (Å²) in [6.45, 7) is 0. The number of likely N-dealkylation sites (tertiary alicyclic amines) is 1. The Bertz CT molecular complexity index is 624. The molecule has 1 aromatic rings. The van der Waals surface area contributed by atoms with Crippen LogP contribution in [0, 0.1) is 10.1 Å². The van der Waals surface area contributed by atoms with Crippen molar-refractivity contribution < 1.29 is 24.4 Å². The number of nitro groups is 1. The molecule has 0 aromatic heterocycles. The molecular weight excluding hydrogens is 282 g/mol. The molecule has 2 N–H and O–H groups in total. The third-order valence-electron chi connectivity index (χ3n) is 3.17. The summed E-state index contributed by atoms with van der Waals surface area (Å²) in [5.74, 6) is -2.37. The maximum atomic E-state index is 11.8. The lowest BCUT2D eigenvalue weighted by Gasteiger charge is -2.14. The molecular formula is C12H11N3O6. The number of likely N-dealkylation sites (N-methyl/N-ethyl adjacent to an activating group) is 1. The van der Waals surface area contributed by atoms with E-state index < -0.39 is 34.4 Å². The summed E-state index contributed by atoms with van der Waals surface area (Å²) in [7, 11) is 1.30. The van der Waals surface area contributed by atoms with E-state index in [9.17, 15) is 24.5 Å². The summed E-state index contributed by atoms with van der Waals surface area (Å²) < 4.78 is 0. The smallest absolute Gasteiger partial charge is 0.338 e. The normalized spacial score (nSPS) is 18.0. The zero-order valence-electron chi connectivity index (χ0n) is 10.9. The molecule has 1 fully saturated rings. The van der Waals surface area contributed by atoms with Gasteiger partial charge in [-0.05, 0) is 6.07 Å². The number of hydrogen-bond acceptors (Lipinski definition) is 6. The number of aromatic carboxylic acids is 1. The highest BCUT2D eigenvalue weighted by Gasteiger charge is 2.37. The number of amides is 2. The molecule has 0 aliphatic carbocycles. The molecule has 1 atom stereocenters. The highest BCUT2D eigenvalue weighted by Crippen LogP contribution is 2.30. The zero-order chi connectivity index (χ0) is 15.7. The first-order valence-electron chi connectivity index (χ1n) is 5.90. The molecule has 1 aliphatic rings. The minimum absolute atomic E-state index is 0.180. The van der Waals surface area contributed by atoms with Crippen LogP contribution in [0.2, 0.25) is 0 Å². The number of benzene rings is 1. The number of nitrogens with zero attached hydrogens (tertiary/aromatic N) is 2. The Balaban J connectivity index is 2.43. The van der Waals surface area contributed by atoms with Gasteiger partial charge in [0, 0.05) is 13.1 Å². The van der Waals surface area contributed by atoms with Crippen molar-refractivity contribution >= 4 is 29.2 Å². The van der Waals surface area contributed by atoms with Crippen LogP contribution in [-0.4, -0.2) is 45.8 Å². The second-order valence-corrected chi connectivity index (χ2v) is 4.45. The molecule has 1 heterocycles. The van der Waals surface area contributed by atoms with Crippen LogP contribution in [0.5, 0.6) is 0 Å². The predicted molar refractivity (Wildman–Crippen MR) is 69.9 cm³/mol. The van der Waals surface area contributed by atoms with Crippen LogP contribution in [0.3, 0.4) is 0 Å². The van der Waals surface area contributed by atoms with Crippen LogP contribution in [0.1, 0.15) is 16.8 Å². The highest BCUT2D eigenvalue weighted by atomic mass is 16.6. The maximum absolute atomic E-state index is 11.8. The van der Waals surface area contributed by atoms with Gasteiger partial charge in [-0.25, -0.2) is 4.79 Å². The Hall–Kier alpha value is -2.97. The summed E-state index contributed by atoms with van der Waals surface area (Å²) in [6.07, 6.45) is -0.180. The molecule has 110 valence electrons. The first kappa shape index (κ1) is 14.4. The van der Waals surface area contributed by atoms with Gasteiger partial charge in [0.15, 0.2) is 0 Å². The minimum atomic E-state index is -1.37. The highest BCUT2D eigenvalue weighted by molar-refractivity contribution is 6.07. The second-order valence-electron chi connectivity index (χ2n) is 4.45. The van der Waals surface area contributed by atoms with E-state index in [1.165, 1.54) is 19.2 Å². The zero-order valence-corrected chi connectivity index (χ0v) is 10.9. The van der Waals surface area contributed by atoms with Gasteiger partial charge in [0.1, 0.15) is 11.7 Å². The van der Waals surface area contributed by atoms with Crippen LogP contribution >= 0.6 is 0 Å². The molecule has 21 heavy (non-hydrogen) atoms. The van der Waals surface area contributed by atoms with Crippen LogP contribution in [-0.2, 0) is 9.59 Å². The Labute approximate surface area is 118 Å². The van der Waals surface area contributed by atoms with Gasteiger partial charge in [-0.2, -0.15) is 0 Å². The van der Waals surface area contributed by atoms with E-state index in [4.69, 9.17) is 5.11 Å². The van der Waals surface area contributed by atoms with Crippen molar-refractivity contribution in [1.82, 2.24) is 4.90 Å². The lowest BCUT2D eigenvalue weighted by Crippen LogP contribution is -2.32. The average Bonchev–Trinajstić information content (AvgIpc) is 2.66. The quantitative estimate of drug-likeness (QED) is 0.468. The third kappa shape index (κ3) is 2.53. The lowest BCUT2D eigenvalue weighted by molar-refractivity contribution is -0.384. The molecule has 1 aliphatic heterocycles. The average molecular weight is 293 g/mol. The van der Waals surface area contributed by atoms with E-state index in [-0.39, 0.29) is 17.7 Å². The van der Waals surface area contributed by atoms with E-state index >= 15 is 0 Å². The van der Waals surface area contributed by atoms with Gasteiger partial charge in [-0.15, -0.1) is 0 Å². The van der Waals surface area contributed by atoms with Crippen molar-refractivity contribution in [1.29, 1.82) is 0 Å². The number of nitro benzene ring substituents is 1. The molecule has 0 bridgehead atoms. The van der Waals surface area contributed by atoms with Crippen LogP contribution < -0.4 is 5.32 Å². The van der Waals surface area contributed by atoms with Gasteiger partial charge in [-0.3, -0.25) is 24.6 Å². The topological polar surface area (TPSA) is 130 Å². The van der Waals surface area contributed by atoms with E-state index in [1.807, 2.05) is 0 Å². The lowest BCUT2D eigenvalue weighted by atomic mass is 10.1. The molecule has 9 nitrogen and oxygen atoms in total. The van der Waals surface area contributed by atoms with Crippen molar-refractivity contribution in [2.75, 3.05) is 12.4 Å². The largest absolute Gasteiger partial charge is 0.478 e. The number of carboxylic acid groups (broad SMARTS) is 1. The number of para-hydroxylation sites is 1. The molecule has 2 rings (SSSR count). The number of carbonyl (C=O) groups is 3. The molecule has 0 radical (unpaired) electrons. The van der Waals surface area contributed by atoms with E-state index in [1.54, 1.807) is 0 Å².